The van der Waals surface area contributed by atoms with Crippen LogP contribution in [0.2, 0.25) is 0 Å². The van der Waals surface area contributed by atoms with Crippen molar-refractivity contribution in [3.8, 4) is 11.1 Å². The van der Waals surface area contributed by atoms with Crippen LogP contribution < -0.4 is 9.47 Å². The average Bonchev–Trinajstić information content (AvgIpc) is 2.76. The van der Waals surface area contributed by atoms with Crippen molar-refractivity contribution in [3.05, 3.63) is 12.1 Å². The minimum absolute atomic E-state index is 0.0361. The van der Waals surface area contributed by atoms with Gasteiger partial charge in [-0.05, 0) is 24.8 Å². The normalized spacial score (nSPS) is 16.0. The van der Waals surface area contributed by atoms with Crippen LogP contribution in [0.5, 0.6) is 11.1 Å². The molecule has 0 atom stereocenters. The number of aromatic nitrogens is 2. The molecule has 0 radical (unpaired) electrons. The molecule has 3 rings (SSSR count). The molecule has 0 aromatic carbocycles. The molecule has 2 aromatic heterocycles. The lowest BCUT2D eigenvalue weighted by molar-refractivity contribution is -0.153. The van der Waals surface area contributed by atoms with E-state index in [1.807, 2.05) is 0 Å². The van der Waals surface area contributed by atoms with Crippen LogP contribution >= 0.6 is 11.3 Å². The molecule has 0 unspecified atom stereocenters. The van der Waals surface area contributed by atoms with Gasteiger partial charge in [-0.3, -0.25) is 0 Å². The summed E-state index contributed by atoms with van der Waals surface area (Å²) in [6.45, 7) is -0.716. The smallest absolute Gasteiger partial charge is 0.422 e. The molecule has 8 heteroatoms. The summed E-state index contributed by atoms with van der Waals surface area (Å²) in [5.41, 5.74) is 0.508. The molecule has 0 N–H and O–H groups in total. The number of alkyl halides is 3. The molecule has 4 nitrogen and oxygen atoms in total. The predicted molar refractivity (Wildman–Crippen MR) is 71.8 cm³/mol. The van der Waals surface area contributed by atoms with Crippen LogP contribution in [0.1, 0.15) is 19.3 Å². The van der Waals surface area contributed by atoms with Crippen molar-refractivity contribution in [2.24, 2.45) is 5.92 Å². The highest BCUT2D eigenvalue weighted by Crippen LogP contribution is 2.30. The number of halogens is 3. The lowest BCUT2D eigenvalue weighted by atomic mass is 9.86. The molecule has 114 valence electrons. The van der Waals surface area contributed by atoms with Crippen LogP contribution in [0.4, 0.5) is 13.2 Å². The van der Waals surface area contributed by atoms with Crippen LogP contribution in [0.25, 0.3) is 10.3 Å². The molecule has 1 fully saturated rings. The van der Waals surface area contributed by atoms with E-state index in [9.17, 15) is 13.2 Å². The Morgan fingerprint density at radius 3 is 2.67 bits per heavy atom. The van der Waals surface area contributed by atoms with E-state index in [-0.39, 0.29) is 5.19 Å². The quantitative estimate of drug-likeness (QED) is 0.841. The predicted octanol–water partition coefficient (Wildman–Crippen LogP) is 3.81. The van der Waals surface area contributed by atoms with E-state index in [0.717, 1.165) is 11.3 Å². The third kappa shape index (κ3) is 3.75. The summed E-state index contributed by atoms with van der Waals surface area (Å²) < 4.78 is 46.5. The molecule has 21 heavy (non-hydrogen) atoms. The van der Waals surface area contributed by atoms with E-state index in [0.29, 0.717) is 28.8 Å². The van der Waals surface area contributed by atoms with Crippen molar-refractivity contribution in [3.63, 3.8) is 0 Å². The highest BCUT2D eigenvalue weighted by molar-refractivity contribution is 7.19. The van der Waals surface area contributed by atoms with E-state index in [1.54, 1.807) is 12.1 Å². The molecule has 2 heterocycles. The summed E-state index contributed by atoms with van der Waals surface area (Å²) in [7, 11) is 0. The summed E-state index contributed by atoms with van der Waals surface area (Å²) in [6, 6.07) is 3.35. The first-order chi connectivity index (χ1) is 9.99. The van der Waals surface area contributed by atoms with Gasteiger partial charge < -0.3 is 9.47 Å². The van der Waals surface area contributed by atoms with Crippen molar-refractivity contribution in [2.75, 3.05) is 13.2 Å². The fourth-order valence-electron chi connectivity index (χ4n) is 1.93. The second kappa shape index (κ2) is 5.67. The van der Waals surface area contributed by atoms with Gasteiger partial charge in [0.25, 0.3) is 5.19 Å². The van der Waals surface area contributed by atoms with Gasteiger partial charge in [0.1, 0.15) is 5.52 Å². The number of rotatable bonds is 5. The van der Waals surface area contributed by atoms with Crippen molar-refractivity contribution < 1.29 is 22.6 Å². The van der Waals surface area contributed by atoms with Gasteiger partial charge in [0.15, 0.2) is 11.4 Å². The largest absolute Gasteiger partial charge is 0.477 e. The number of hydrogen-bond donors (Lipinski definition) is 0. The fourth-order valence-corrected chi connectivity index (χ4v) is 2.71. The molecule has 2 aromatic rings. The maximum atomic E-state index is 12.1. The number of nitrogens with zero attached hydrogens (tertiary/aromatic N) is 2. The number of thiazole rings is 1. The zero-order valence-corrected chi connectivity index (χ0v) is 11.8. The fraction of sp³-hybridized carbons (Fsp3) is 0.538. The van der Waals surface area contributed by atoms with E-state index in [2.05, 4.69) is 14.7 Å². The molecule has 0 spiro atoms. The maximum absolute atomic E-state index is 12.1. The topological polar surface area (TPSA) is 44.2 Å². The monoisotopic (exact) mass is 318 g/mol. The lowest BCUT2D eigenvalue weighted by Crippen LogP contribution is -2.19. The first kappa shape index (κ1) is 14.4. The van der Waals surface area contributed by atoms with Crippen molar-refractivity contribution in [1.82, 2.24) is 9.97 Å². The molecule has 1 aliphatic rings. The molecule has 0 amide bonds. The van der Waals surface area contributed by atoms with Gasteiger partial charge in [-0.15, -0.1) is 0 Å². The zero-order valence-electron chi connectivity index (χ0n) is 11.0. The van der Waals surface area contributed by atoms with Gasteiger partial charge in [0.05, 0.1) is 6.61 Å². The average molecular weight is 318 g/mol. The highest BCUT2D eigenvalue weighted by atomic mass is 32.1. The van der Waals surface area contributed by atoms with Gasteiger partial charge in [-0.1, -0.05) is 17.8 Å². The number of pyridine rings is 1. The van der Waals surface area contributed by atoms with Gasteiger partial charge in [-0.2, -0.15) is 13.2 Å². The summed E-state index contributed by atoms with van der Waals surface area (Å²) in [4.78, 5) is 8.71. The van der Waals surface area contributed by atoms with Gasteiger partial charge >= 0.3 is 6.18 Å². The standard InChI is InChI=1S/C13H13F3N2O2S/c14-13(15,16)7-20-12-17-9-4-5-10(18-11(9)21-12)19-6-8-2-1-3-8/h4-5,8H,1-3,6-7H2. The van der Waals surface area contributed by atoms with Gasteiger partial charge in [-0.25, -0.2) is 9.97 Å². The van der Waals surface area contributed by atoms with E-state index in [1.165, 1.54) is 19.3 Å². The molecular formula is C13H13F3N2O2S. The number of fused-ring (bicyclic) bond motifs is 1. The SMILES string of the molecule is FC(F)(F)COc1nc2ccc(OCC3CCC3)nc2s1. The second-order valence-electron chi connectivity index (χ2n) is 4.97. The molecule has 1 aliphatic carbocycles. The van der Waals surface area contributed by atoms with Crippen molar-refractivity contribution in [1.29, 1.82) is 0 Å². The minimum atomic E-state index is -4.37. The molecule has 0 bridgehead atoms. The Morgan fingerprint density at radius 1 is 1.19 bits per heavy atom. The van der Waals surface area contributed by atoms with Crippen LogP contribution in [0.15, 0.2) is 12.1 Å². The molecular weight excluding hydrogens is 305 g/mol. The number of ether oxygens (including phenoxy) is 2. The van der Waals surface area contributed by atoms with Crippen LogP contribution in [0, 0.1) is 5.92 Å². The highest BCUT2D eigenvalue weighted by Gasteiger charge is 2.29. The summed E-state index contributed by atoms with van der Waals surface area (Å²) in [5, 5.41) is -0.0361. The van der Waals surface area contributed by atoms with Crippen molar-refractivity contribution >= 4 is 21.7 Å². The lowest BCUT2D eigenvalue weighted by Gasteiger charge is -2.24. The first-order valence-corrected chi connectivity index (χ1v) is 7.41. The number of hydrogen-bond acceptors (Lipinski definition) is 5. The minimum Gasteiger partial charge on any atom is -0.477 e. The third-order valence-electron chi connectivity index (χ3n) is 3.26. The van der Waals surface area contributed by atoms with Crippen LogP contribution in [-0.4, -0.2) is 29.4 Å². The van der Waals surface area contributed by atoms with E-state index >= 15 is 0 Å². The van der Waals surface area contributed by atoms with E-state index in [4.69, 9.17) is 4.74 Å². The first-order valence-electron chi connectivity index (χ1n) is 6.59. The Balaban J connectivity index is 1.66. The molecule has 0 aliphatic heterocycles. The Labute approximate surface area is 122 Å². The van der Waals surface area contributed by atoms with Crippen LogP contribution in [0.3, 0.4) is 0 Å². The summed E-state index contributed by atoms with van der Waals surface area (Å²) >= 11 is 0.982. The van der Waals surface area contributed by atoms with Gasteiger partial charge in [0, 0.05) is 6.07 Å². The van der Waals surface area contributed by atoms with Crippen molar-refractivity contribution in [2.45, 2.75) is 25.4 Å². The maximum Gasteiger partial charge on any atom is 0.422 e. The third-order valence-corrected chi connectivity index (χ3v) is 4.14. The Morgan fingerprint density at radius 2 is 2.00 bits per heavy atom. The summed E-state index contributed by atoms with van der Waals surface area (Å²) in [6.07, 6.45) is -0.770. The Kier molecular flexibility index (Phi) is 3.88. The van der Waals surface area contributed by atoms with E-state index < -0.39 is 12.8 Å². The Hall–Kier alpha value is -1.57. The molecule has 0 saturated heterocycles. The zero-order chi connectivity index (χ0) is 14.9. The Bertz CT molecular complexity index is 625. The van der Waals surface area contributed by atoms with Crippen LogP contribution in [-0.2, 0) is 0 Å². The van der Waals surface area contributed by atoms with Gasteiger partial charge in [0.2, 0.25) is 5.88 Å². The second-order valence-corrected chi connectivity index (χ2v) is 5.91. The summed E-state index contributed by atoms with van der Waals surface area (Å²) in [5.74, 6) is 1.06. The molecule has 1 saturated carbocycles.